The molecule has 0 unspecified atom stereocenters. The van der Waals surface area contributed by atoms with Crippen molar-refractivity contribution in [3.05, 3.63) is 67.8 Å². The van der Waals surface area contributed by atoms with Crippen molar-refractivity contribution >= 4 is 34.2 Å². The van der Waals surface area contributed by atoms with Gasteiger partial charge in [0, 0.05) is 16.5 Å². The number of rotatable bonds is 5. The molecular formula is C25H22ClN3O4. The number of nitrogens with one attached hydrogen (secondary N) is 1. The van der Waals surface area contributed by atoms with Gasteiger partial charge in [-0.15, -0.1) is 0 Å². The quantitative estimate of drug-likeness (QED) is 0.494. The topological polar surface area (TPSA) is 116 Å². The van der Waals surface area contributed by atoms with Crippen LogP contribution in [0.15, 0.2) is 33.5 Å². The number of carbonyl (C=O) groups is 1. The standard InChI is InChI=1S/C25H22ClN3O4/c1-12-6-15(14(3)28-17-4-5-18(26)29-19(17)23(31)32)21-16(7-12)20(30)13(2)22(33-21)25-8-24(9-25,10-25)11-27/h4-7,14,28H,8-10H2,1-3H3,(H,31,32)/t14-,24?,25?/m1/s1. The molecule has 2 heterocycles. The number of hydrogen-bond acceptors (Lipinski definition) is 6. The van der Waals surface area contributed by atoms with Crippen molar-refractivity contribution in [2.24, 2.45) is 5.41 Å². The molecule has 2 aromatic heterocycles. The molecule has 33 heavy (non-hydrogen) atoms. The van der Waals surface area contributed by atoms with Gasteiger partial charge in [-0.25, -0.2) is 9.78 Å². The summed E-state index contributed by atoms with van der Waals surface area (Å²) in [7, 11) is 0. The maximum atomic E-state index is 13.3. The molecule has 2 N–H and O–H groups in total. The van der Waals surface area contributed by atoms with Crippen molar-refractivity contribution in [3.8, 4) is 6.07 Å². The number of hydrogen-bond donors (Lipinski definition) is 2. The zero-order chi connectivity index (χ0) is 23.7. The molecule has 6 rings (SSSR count). The average molecular weight is 464 g/mol. The van der Waals surface area contributed by atoms with E-state index in [2.05, 4.69) is 16.4 Å². The average Bonchev–Trinajstić information content (AvgIpc) is 2.71. The van der Waals surface area contributed by atoms with E-state index in [1.165, 1.54) is 6.07 Å². The first-order valence-electron chi connectivity index (χ1n) is 10.7. The lowest BCUT2D eigenvalue weighted by Crippen LogP contribution is -2.64. The van der Waals surface area contributed by atoms with Gasteiger partial charge in [0.15, 0.2) is 11.1 Å². The third-order valence-corrected chi connectivity index (χ3v) is 7.25. The molecule has 1 aromatic carbocycles. The Morgan fingerprint density at radius 3 is 2.64 bits per heavy atom. The molecule has 0 spiro atoms. The van der Waals surface area contributed by atoms with Gasteiger partial charge in [-0.2, -0.15) is 5.26 Å². The number of pyridine rings is 1. The maximum absolute atomic E-state index is 13.3. The second kappa shape index (κ2) is 7.06. The molecule has 3 aromatic rings. The minimum atomic E-state index is -1.19. The number of aromatic carboxylic acids is 1. The summed E-state index contributed by atoms with van der Waals surface area (Å²) in [4.78, 5) is 28.9. The molecule has 0 saturated heterocycles. The number of benzene rings is 1. The van der Waals surface area contributed by atoms with E-state index in [-0.39, 0.29) is 33.1 Å². The molecule has 3 aliphatic carbocycles. The molecule has 2 bridgehead atoms. The van der Waals surface area contributed by atoms with Crippen molar-refractivity contribution in [1.29, 1.82) is 5.26 Å². The van der Waals surface area contributed by atoms with Crippen LogP contribution in [0.25, 0.3) is 11.0 Å². The number of aromatic nitrogens is 1. The number of nitriles is 1. The van der Waals surface area contributed by atoms with E-state index in [9.17, 15) is 20.0 Å². The van der Waals surface area contributed by atoms with Gasteiger partial charge in [-0.05, 0) is 63.8 Å². The number of carboxylic acid groups (broad SMARTS) is 1. The van der Waals surface area contributed by atoms with Crippen molar-refractivity contribution in [3.63, 3.8) is 0 Å². The highest BCUT2D eigenvalue weighted by molar-refractivity contribution is 6.29. The molecule has 168 valence electrons. The van der Waals surface area contributed by atoms with Crippen LogP contribution in [-0.4, -0.2) is 16.1 Å². The fourth-order valence-electron chi connectivity index (χ4n) is 5.57. The predicted octanol–water partition coefficient (Wildman–Crippen LogP) is 5.27. The Labute approximate surface area is 195 Å². The second-order valence-corrected chi connectivity index (χ2v) is 9.91. The van der Waals surface area contributed by atoms with E-state index in [1.807, 2.05) is 26.0 Å². The summed E-state index contributed by atoms with van der Waals surface area (Å²) in [6.07, 6.45) is 2.16. The monoisotopic (exact) mass is 463 g/mol. The summed E-state index contributed by atoms with van der Waals surface area (Å²) in [5.74, 6) is -0.519. The van der Waals surface area contributed by atoms with Crippen molar-refractivity contribution < 1.29 is 14.3 Å². The smallest absolute Gasteiger partial charge is 0.356 e. The van der Waals surface area contributed by atoms with Gasteiger partial charge in [0.05, 0.1) is 28.6 Å². The SMILES string of the molecule is Cc1cc([C@@H](C)Nc2ccc(Cl)nc2C(=O)O)c2oc(C34CC(C#N)(C3)C4)c(C)c(=O)c2c1. The maximum Gasteiger partial charge on any atom is 0.356 e. The molecule has 3 saturated carbocycles. The highest BCUT2D eigenvalue weighted by atomic mass is 35.5. The van der Waals surface area contributed by atoms with Crippen LogP contribution in [0, 0.1) is 30.6 Å². The summed E-state index contributed by atoms with van der Waals surface area (Å²) in [5, 5.41) is 22.7. The Bertz CT molecular complexity index is 1430. The van der Waals surface area contributed by atoms with Crippen LogP contribution < -0.4 is 10.7 Å². The molecule has 0 amide bonds. The van der Waals surface area contributed by atoms with E-state index in [0.29, 0.717) is 28.0 Å². The molecule has 3 fully saturated rings. The summed E-state index contributed by atoms with van der Waals surface area (Å²) in [6, 6.07) is 8.86. The van der Waals surface area contributed by atoms with Crippen molar-refractivity contribution in [1.82, 2.24) is 4.98 Å². The summed E-state index contributed by atoms with van der Waals surface area (Å²) in [5.41, 5.74) is 2.30. The molecule has 1 atom stereocenters. The normalized spacial score (nSPS) is 23.8. The molecule has 8 heteroatoms. The van der Waals surface area contributed by atoms with E-state index < -0.39 is 5.97 Å². The molecule has 0 radical (unpaired) electrons. The Morgan fingerprint density at radius 2 is 2.00 bits per heavy atom. The van der Waals surface area contributed by atoms with Crippen LogP contribution in [0.3, 0.4) is 0 Å². The van der Waals surface area contributed by atoms with Gasteiger partial charge in [0.1, 0.15) is 16.5 Å². The van der Waals surface area contributed by atoms with Crippen LogP contribution in [-0.2, 0) is 5.41 Å². The largest absolute Gasteiger partial charge is 0.476 e. The Balaban J connectivity index is 1.61. The van der Waals surface area contributed by atoms with Crippen LogP contribution in [0.1, 0.15) is 65.2 Å². The van der Waals surface area contributed by atoms with Gasteiger partial charge in [0.2, 0.25) is 0 Å². The van der Waals surface area contributed by atoms with Gasteiger partial charge >= 0.3 is 5.97 Å². The number of aryl methyl sites for hydroxylation is 1. The Kier molecular flexibility index (Phi) is 4.60. The number of anilines is 1. The molecule has 0 aliphatic heterocycles. The summed E-state index contributed by atoms with van der Waals surface area (Å²) >= 11 is 5.88. The van der Waals surface area contributed by atoms with Crippen LogP contribution >= 0.6 is 11.6 Å². The zero-order valence-corrected chi connectivity index (χ0v) is 19.2. The molecule has 7 nitrogen and oxygen atoms in total. The lowest BCUT2D eigenvalue weighted by molar-refractivity contribution is -0.106. The minimum absolute atomic E-state index is 0.0708. The first-order valence-corrected chi connectivity index (χ1v) is 11.1. The van der Waals surface area contributed by atoms with E-state index in [1.54, 1.807) is 13.0 Å². The fraction of sp³-hybridized carbons (Fsp3) is 0.360. The predicted molar refractivity (Wildman–Crippen MR) is 124 cm³/mol. The first-order chi connectivity index (χ1) is 15.6. The highest BCUT2D eigenvalue weighted by Gasteiger charge is 2.71. The lowest BCUT2D eigenvalue weighted by atomic mass is 9.35. The summed E-state index contributed by atoms with van der Waals surface area (Å²) < 4.78 is 6.45. The van der Waals surface area contributed by atoms with Gasteiger partial charge < -0.3 is 14.8 Å². The third-order valence-electron chi connectivity index (χ3n) is 7.04. The van der Waals surface area contributed by atoms with E-state index in [0.717, 1.165) is 30.4 Å². The van der Waals surface area contributed by atoms with Gasteiger partial charge in [-0.1, -0.05) is 17.7 Å². The van der Waals surface area contributed by atoms with Crippen LogP contribution in [0.4, 0.5) is 5.69 Å². The lowest BCUT2D eigenvalue weighted by Gasteiger charge is -2.66. The third kappa shape index (κ3) is 3.12. The fourth-order valence-corrected chi connectivity index (χ4v) is 5.72. The van der Waals surface area contributed by atoms with Crippen LogP contribution in [0.2, 0.25) is 5.15 Å². The van der Waals surface area contributed by atoms with Gasteiger partial charge in [0.25, 0.3) is 0 Å². The minimum Gasteiger partial charge on any atom is -0.476 e. The molecule has 3 aliphatic rings. The number of carboxylic acids is 1. The highest BCUT2D eigenvalue weighted by Crippen LogP contribution is 2.73. The van der Waals surface area contributed by atoms with Crippen molar-refractivity contribution in [2.45, 2.75) is 51.5 Å². The molecular weight excluding hydrogens is 442 g/mol. The van der Waals surface area contributed by atoms with Crippen molar-refractivity contribution in [2.75, 3.05) is 5.32 Å². The van der Waals surface area contributed by atoms with E-state index in [4.69, 9.17) is 16.0 Å². The summed E-state index contributed by atoms with van der Waals surface area (Å²) in [6.45, 7) is 5.57. The Hall–Kier alpha value is -3.37. The van der Waals surface area contributed by atoms with Gasteiger partial charge in [-0.3, -0.25) is 4.79 Å². The zero-order valence-electron chi connectivity index (χ0n) is 18.5. The first kappa shape index (κ1) is 21.5. The number of nitrogens with zero attached hydrogens (tertiary/aromatic N) is 2. The Morgan fingerprint density at radius 1 is 1.30 bits per heavy atom. The number of fused-ring (bicyclic) bond motifs is 1. The van der Waals surface area contributed by atoms with Crippen LogP contribution in [0.5, 0.6) is 0 Å². The second-order valence-electron chi connectivity index (χ2n) is 9.52. The van der Waals surface area contributed by atoms with E-state index >= 15 is 0 Å². The number of halogens is 1.